The SMILES string of the molecule is S=c1[nH]ncc2nccn12. The van der Waals surface area contributed by atoms with E-state index in [1.165, 1.54) is 0 Å². The lowest BCUT2D eigenvalue weighted by Crippen LogP contribution is -1.90. The Morgan fingerprint density at radius 2 is 2.50 bits per heavy atom. The van der Waals surface area contributed by atoms with Crippen molar-refractivity contribution < 1.29 is 0 Å². The number of hydrogen-bond donors (Lipinski definition) is 1. The average molecular weight is 152 g/mol. The molecular weight excluding hydrogens is 148 g/mol. The Balaban J connectivity index is 3.09. The first-order chi connectivity index (χ1) is 4.88. The molecule has 50 valence electrons. The number of nitrogens with zero attached hydrogens (tertiary/aromatic N) is 3. The number of H-pyrrole nitrogens is 1. The zero-order chi connectivity index (χ0) is 6.97. The van der Waals surface area contributed by atoms with Gasteiger partial charge in [0, 0.05) is 12.4 Å². The van der Waals surface area contributed by atoms with E-state index in [0.29, 0.717) is 4.77 Å². The molecule has 0 spiro atoms. The first-order valence-corrected chi connectivity index (χ1v) is 3.15. The summed E-state index contributed by atoms with van der Waals surface area (Å²) >= 11 is 4.91. The molecule has 0 unspecified atom stereocenters. The van der Waals surface area contributed by atoms with E-state index < -0.39 is 0 Å². The van der Waals surface area contributed by atoms with Crippen molar-refractivity contribution in [3.8, 4) is 0 Å². The van der Waals surface area contributed by atoms with Gasteiger partial charge in [-0.15, -0.1) is 0 Å². The van der Waals surface area contributed by atoms with Crippen molar-refractivity contribution in [1.82, 2.24) is 19.6 Å². The van der Waals surface area contributed by atoms with Crippen LogP contribution in [-0.4, -0.2) is 19.6 Å². The molecule has 2 rings (SSSR count). The molecule has 0 aromatic carbocycles. The molecule has 5 heteroatoms. The number of aromatic nitrogens is 4. The normalized spacial score (nSPS) is 10.4. The van der Waals surface area contributed by atoms with Crippen molar-refractivity contribution in [2.24, 2.45) is 0 Å². The van der Waals surface area contributed by atoms with Crippen molar-refractivity contribution in [2.45, 2.75) is 0 Å². The highest BCUT2D eigenvalue weighted by molar-refractivity contribution is 7.71. The Morgan fingerprint density at radius 3 is 3.30 bits per heavy atom. The number of rotatable bonds is 0. The minimum atomic E-state index is 0.565. The van der Waals surface area contributed by atoms with Gasteiger partial charge in [-0.2, -0.15) is 5.10 Å². The Morgan fingerprint density at radius 1 is 1.60 bits per heavy atom. The van der Waals surface area contributed by atoms with E-state index >= 15 is 0 Å². The molecule has 2 aromatic rings. The third-order valence-electron chi connectivity index (χ3n) is 1.23. The van der Waals surface area contributed by atoms with Gasteiger partial charge in [0.05, 0.1) is 6.20 Å². The van der Waals surface area contributed by atoms with Crippen LogP contribution in [0.15, 0.2) is 18.6 Å². The molecule has 2 heterocycles. The van der Waals surface area contributed by atoms with Gasteiger partial charge in [-0.05, 0) is 12.2 Å². The Labute approximate surface area is 61.5 Å². The van der Waals surface area contributed by atoms with Crippen molar-refractivity contribution in [1.29, 1.82) is 0 Å². The molecule has 0 fully saturated rings. The lowest BCUT2D eigenvalue weighted by atomic mass is 10.8. The van der Waals surface area contributed by atoms with Crippen LogP contribution in [0.25, 0.3) is 5.65 Å². The van der Waals surface area contributed by atoms with Crippen molar-refractivity contribution in [3.05, 3.63) is 23.4 Å². The molecule has 0 atom stereocenters. The fraction of sp³-hybridized carbons (Fsp3) is 0. The summed E-state index contributed by atoms with van der Waals surface area (Å²) in [5.41, 5.74) is 0.767. The minimum Gasteiger partial charge on any atom is -0.274 e. The molecule has 1 N–H and O–H groups in total. The summed E-state index contributed by atoms with van der Waals surface area (Å²) in [6, 6.07) is 0. The van der Waals surface area contributed by atoms with E-state index in [4.69, 9.17) is 12.2 Å². The molecule has 2 aromatic heterocycles. The summed E-state index contributed by atoms with van der Waals surface area (Å²) in [5, 5.41) is 6.42. The maximum atomic E-state index is 4.91. The zero-order valence-corrected chi connectivity index (χ0v) is 5.80. The van der Waals surface area contributed by atoms with Gasteiger partial charge in [0.2, 0.25) is 0 Å². The number of nitrogens with one attached hydrogen (secondary N) is 1. The maximum Gasteiger partial charge on any atom is 0.199 e. The van der Waals surface area contributed by atoms with E-state index in [1.807, 2.05) is 0 Å². The lowest BCUT2D eigenvalue weighted by molar-refractivity contribution is 0.922. The summed E-state index contributed by atoms with van der Waals surface area (Å²) in [4.78, 5) is 3.99. The van der Waals surface area contributed by atoms with Crippen molar-refractivity contribution in [2.75, 3.05) is 0 Å². The molecule has 10 heavy (non-hydrogen) atoms. The molecule has 0 amide bonds. The van der Waals surface area contributed by atoms with Gasteiger partial charge in [0.25, 0.3) is 0 Å². The molecule has 0 saturated heterocycles. The highest BCUT2D eigenvalue weighted by atomic mass is 32.1. The lowest BCUT2D eigenvalue weighted by Gasteiger charge is -1.88. The van der Waals surface area contributed by atoms with Gasteiger partial charge < -0.3 is 0 Å². The number of aromatic amines is 1. The van der Waals surface area contributed by atoms with Gasteiger partial charge >= 0.3 is 0 Å². The fourth-order valence-corrected chi connectivity index (χ4v) is 0.988. The van der Waals surface area contributed by atoms with E-state index in [0.717, 1.165) is 5.65 Å². The first-order valence-electron chi connectivity index (χ1n) is 2.75. The van der Waals surface area contributed by atoms with Gasteiger partial charge in [0.1, 0.15) is 0 Å². The van der Waals surface area contributed by atoms with Crippen LogP contribution in [0.3, 0.4) is 0 Å². The molecule has 0 saturated carbocycles. The summed E-state index contributed by atoms with van der Waals surface area (Å²) in [5.74, 6) is 0. The minimum absolute atomic E-state index is 0.565. The monoisotopic (exact) mass is 152 g/mol. The second-order valence-corrected chi connectivity index (χ2v) is 2.22. The summed E-state index contributed by atoms with van der Waals surface area (Å²) in [6.45, 7) is 0. The molecule has 0 radical (unpaired) electrons. The molecular formula is C5H4N4S. The average Bonchev–Trinajstić information content (AvgIpc) is 2.36. The van der Waals surface area contributed by atoms with E-state index in [2.05, 4.69) is 15.2 Å². The molecule has 0 aliphatic carbocycles. The largest absolute Gasteiger partial charge is 0.274 e. The van der Waals surface area contributed by atoms with Gasteiger partial charge in [-0.3, -0.25) is 9.50 Å². The Hall–Kier alpha value is -1.23. The standard InChI is InChI=1S/C5H4N4S/c10-5-8-7-3-4-6-1-2-9(4)5/h1-3H,(H,8,10). The predicted molar refractivity (Wildman–Crippen MR) is 38.2 cm³/mol. The van der Waals surface area contributed by atoms with Crippen LogP contribution in [0, 0.1) is 4.77 Å². The second kappa shape index (κ2) is 1.88. The Kier molecular flexibility index (Phi) is 1.04. The molecule has 0 aliphatic heterocycles. The van der Waals surface area contributed by atoms with Crippen LogP contribution in [0.5, 0.6) is 0 Å². The number of imidazole rings is 1. The van der Waals surface area contributed by atoms with Crippen molar-refractivity contribution >= 4 is 17.9 Å². The number of hydrogen-bond acceptors (Lipinski definition) is 3. The van der Waals surface area contributed by atoms with Crippen LogP contribution in [-0.2, 0) is 0 Å². The quantitative estimate of drug-likeness (QED) is 0.567. The Bertz CT molecular complexity index is 401. The van der Waals surface area contributed by atoms with Gasteiger partial charge in [0.15, 0.2) is 10.4 Å². The maximum absolute atomic E-state index is 4.91. The number of fused-ring (bicyclic) bond motifs is 1. The topological polar surface area (TPSA) is 46.0 Å². The first kappa shape index (κ1) is 5.55. The zero-order valence-electron chi connectivity index (χ0n) is 4.98. The third kappa shape index (κ3) is 0.640. The van der Waals surface area contributed by atoms with Gasteiger partial charge in [-0.1, -0.05) is 0 Å². The fourth-order valence-electron chi connectivity index (χ4n) is 0.781. The summed E-state index contributed by atoms with van der Waals surface area (Å²) < 4.78 is 2.32. The molecule has 0 bridgehead atoms. The van der Waals surface area contributed by atoms with Crippen LogP contribution in [0.4, 0.5) is 0 Å². The van der Waals surface area contributed by atoms with E-state index in [9.17, 15) is 0 Å². The highest BCUT2D eigenvalue weighted by Crippen LogP contribution is 1.94. The van der Waals surface area contributed by atoms with Crippen molar-refractivity contribution in [3.63, 3.8) is 0 Å². The van der Waals surface area contributed by atoms with E-state index in [1.54, 1.807) is 23.0 Å². The highest BCUT2D eigenvalue weighted by Gasteiger charge is 1.91. The molecule has 4 nitrogen and oxygen atoms in total. The third-order valence-corrected chi connectivity index (χ3v) is 1.52. The summed E-state index contributed by atoms with van der Waals surface area (Å²) in [7, 11) is 0. The van der Waals surface area contributed by atoms with Crippen LogP contribution >= 0.6 is 12.2 Å². The summed E-state index contributed by atoms with van der Waals surface area (Å²) in [6.07, 6.45) is 5.09. The van der Waals surface area contributed by atoms with Gasteiger partial charge in [-0.25, -0.2) is 4.98 Å². The van der Waals surface area contributed by atoms with Crippen LogP contribution in [0.2, 0.25) is 0 Å². The van der Waals surface area contributed by atoms with E-state index in [-0.39, 0.29) is 0 Å². The predicted octanol–water partition coefficient (Wildman–Crippen LogP) is 0.787. The smallest absolute Gasteiger partial charge is 0.199 e. The molecule has 0 aliphatic rings. The van der Waals surface area contributed by atoms with Crippen LogP contribution < -0.4 is 0 Å². The second-order valence-electron chi connectivity index (χ2n) is 1.83. The van der Waals surface area contributed by atoms with Crippen LogP contribution in [0.1, 0.15) is 0 Å².